The number of rotatable bonds is 3. The van der Waals surface area contributed by atoms with Crippen LogP contribution in [0.2, 0.25) is 0 Å². The first kappa shape index (κ1) is 14.6. The molecular weight excluding hydrogens is 304 g/mol. The molecular formula is C13H18N6O4. The molecule has 3 unspecified atom stereocenters. The molecule has 6 N–H and O–H groups in total. The zero-order valence-corrected chi connectivity index (χ0v) is 12.3. The Hall–Kier alpha value is -1.98. The Labute approximate surface area is 131 Å². The van der Waals surface area contributed by atoms with E-state index in [-0.39, 0.29) is 12.6 Å². The van der Waals surface area contributed by atoms with Crippen LogP contribution in [0.4, 0.5) is 11.8 Å². The predicted octanol–water partition coefficient (Wildman–Crippen LogP) is -0.743. The summed E-state index contributed by atoms with van der Waals surface area (Å²) in [4.78, 5) is 14.0. The second-order valence-corrected chi connectivity index (χ2v) is 5.62. The Balaban J connectivity index is 1.84. The quantitative estimate of drug-likeness (QED) is 0.365. The van der Waals surface area contributed by atoms with Crippen LogP contribution < -0.4 is 16.7 Å². The SMILES string of the molecule is NNc1nc2c3c(cn(C4CC(O)C(CO)O4)c3n1)CCON2. The van der Waals surface area contributed by atoms with Gasteiger partial charge in [-0.1, -0.05) is 0 Å². The molecule has 2 aromatic heterocycles. The number of nitrogens with one attached hydrogen (secondary N) is 2. The largest absolute Gasteiger partial charge is 0.394 e. The first-order chi connectivity index (χ1) is 11.2. The standard InChI is InChI=1S/C13H18N6O4/c14-17-13-15-11-10-6(1-2-22-18-11)4-19(12(10)16-13)9-3-7(21)8(5-20)23-9/h4,7-9,20-21H,1-3,5,14H2,(H2,15,16,17,18). The average Bonchev–Trinajstić information content (AvgIpc) is 3.04. The van der Waals surface area contributed by atoms with Crippen LogP contribution in [0.25, 0.3) is 11.0 Å². The fourth-order valence-electron chi connectivity index (χ4n) is 3.10. The summed E-state index contributed by atoms with van der Waals surface area (Å²) in [5.74, 6) is 6.22. The number of aliphatic hydroxyl groups is 2. The van der Waals surface area contributed by atoms with Crippen LogP contribution in [0.3, 0.4) is 0 Å². The first-order valence-electron chi connectivity index (χ1n) is 7.41. The van der Waals surface area contributed by atoms with Crippen LogP contribution in [0.1, 0.15) is 18.2 Å². The Kier molecular flexibility index (Phi) is 3.54. The van der Waals surface area contributed by atoms with E-state index >= 15 is 0 Å². The summed E-state index contributed by atoms with van der Waals surface area (Å²) >= 11 is 0. The van der Waals surface area contributed by atoms with Crippen LogP contribution >= 0.6 is 0 Å². The Morgan fingerprint density at radius 2 is 2.35 bits per heavy atom. The molecule has 3 atom stereocenters. The van der Waals surface area contributed by atoms with Gasteiger partial charge >= 0.3 is 0 Å². The highest BCUT2D eigenvalue weighted by atomic mass is 16.6. The summed E-state index contributed by atoms with van der Waals surface area (Å²) in [7, 11) is 0. The highest BCUT2D eigenvalue weighted by Crippen LogP contribution is 2.36. The number of nitrogens with two attached hydrogens (primary N) is 1. The second kappa shape index (κ2) is 5.58. The van der Waals surface area contributed by atoms with Crippen molar-refractivity contribution in [1.82, 2.24) is 14.5 Å². The molecule has 2 aromatic rings. The minimum absolute atomic E-state index is 0.227. The van der Waals surface area contributed by atoms with Gasteiger partial charge in [-0.15, -0.1) is 0 Å². The van der Waals surface area contributed by atoms with Gasteiger partial charge in [-0.3, -0.25) is 10.3 Å². The van der Waals surface area contributed by atoms with E-state index in [0.29, 0.717) is 30.9 Å². The van der Waals surface area contributed by atoms with Crippen molar-refractivity contribution in [2.75, 3.05) is 24.1 Å². The number of aromatic nitrogens is 3. The van der Waals surface area contributed by atoms with Crippen molar-refractivity contribution in [1.29, 1.82) is 0 Å². The van der Waals surface area contributed by atoms with E-state index < -0.39 is 18.4 Å². The smallest absolute Gasteiger partial charge is 0.241 e. The molecule has 0 saturated carbocycles. The molecule has 4 rings (SSSR count). The maximum atomic E-state index is 9.97. The lowest BCUT2D eigenvalue weighted by atomic mass is 10.2. The number of ether oxygens (including phenoxy) is 1. The summed E-state index contributed by atoms with van der Waals surface area (Å²) in [6, 6.07) is 0. The summed E-state index contributed by atoms with van der Waals surface area (Å²) in [5.41, 5.74) is 6.89. The van der Waals surface area contributed by atoms with Gasteiger partial charge in [-0.25, -0.2) is 11.3 Å². The Morgan fingerprint density at radius 3 is 3.09 bits per heavy atom. The number of hydrogen-bond donors (Lipinski definition) is 5. The zero-order chi connectivity index (χ0) is 16.0. The lowest BCUT2D eigenvalue weighted by molar-refractivity contribution is -0.0430. The normalized spacial score (nSPS) is 27.0. The third-order valence-corrected chi connectivity index (χ3v) is 4.22. The maximum absolute atomic E-state index is 9.97. The van der Waals surface area contributed by atoms with Gasteiger partial charge in [0.25, 0.3) is 0 Å². The van der Waals surface area contributed by atoms with Gasteiger partial charge in [0.05, 0.1) is 24.7 Å². The Morgan fingerprint density at radius 1 is 1.48 bits per heavy atom. The minimum atomic E-state index is -0.714. The average molecular weight is 322 g/mol. The molecule has 0 amide bonds. The Bertz CT molecular complexity index is 735. The number of nitrogen functional groups attached to an aromatic ring is 1. The van der Waals surface area contributed by atoms with E-state index in [1.54, 1.807) is 0 Å². The third-order valence-electron chi connectivity index (χ3n) is 4.22. The predicted molar refractivity (Wildman–Crippen MR) is 80.2 cm³/mol. The van der Waals surface area contributed by atoms with Crippen molar-refractivity contribution in [2.24, 2.45) is 5.84 Å². The van der Waals surface area contributed by atoms with Crippen molar-refractivity contribution >= 4 is 22.8 Å². The molecule has 2 aliphatic rings. The van der Waals surface area contributed by atoms with Crippen LogP contribution in [0.15, 0.2) is 6.20 Å². The lowest BCUT2D eigenvalue weighted by Crippen LogP contribution is -2.24. The molecule has 10 nitrogen and oxygen atoms in total. The molecule has 0 spiro atoms. The molecule has 0 bridgehead atoms. The second-order valence-electron chi connectivity index (χ2n) is 5.62. The third kappa shape index (κ3) is 2.31. The fourth-order valence-corrected chi connectivity index (χ4v) is 3.10. The van der Waals surface area contributed by atoms with Crippen molar-refractivity contribution in [3.63, 3.8) is 0 Å². The topological polar surface area (TPSA) is 140 Å². The molecule has 23 heavy (non-hydrogen) atoms. The van der Waals surface area contributed by atoms with Gasteiger partial charge in [0, 0.05) is 19.0 Å². The van der Waals surface area contributed by atoms with E-state index in [1.165, 1.54) is 0 Å². The molecule has 1 fully saturated rings. The van der Waals surface area contributed by atoms with Gasteiger partial charge < -0.3 is 19.5 Å². The van der Waals surface area contributed by atoms with Crippen molar-refractivity contribution in [2.45, 2.75) is 31.3 Å². The van der Waals surface area contributed by atoms with Gasteiger partial charge in [0.15, 0.2) is 5.82 Å². The molecule has 10 heteroatoms. The molecule has 0 aromatic carbocycles. The van der Waals surface area contributed by atoms with Crippen LogP contribution in [0.5, 0.6) is 0 Å². The van der Waals surface area contributed by atoms with Crippen LogP contribution in [0, 0.1) is 0 Å². The summed E-state index contributed by atoms with van der Waals surface area (Å²) in [6.45, 7) is 0.267. The summed E-state index contributed by atoms with van der Waals surface area (Å²) < 4.78 is 7.59. The van der Waals surface area contributed by atoms with E-state index in [9.17, 15) is 10.2 Å². The molecule has 2 aliphatic heterocycles. The van der Waals surface area contributed by atoms with E-state index in [4.69, 9.17) is 15.4 Å². The summed E-state index contributed by atoms with van der Waals surface area (Å²) in [6.07, 6.45) is 1.28. The van der Waals surface area contributed by atoms with E-state index in [1.807, 2.05) is 10.8 Å². The van der Waals surface area contributed by atoms with Gasteiger partial charge in [-0.2, -0.15) is 9.97 Å². The monoisotopic (exact) mass is 322 g/mol. The van der Waals surface area contributed by atoms with Gasteiger partial charge in [0.2, 0.25) is 5.95 Å². The molecule has 124 valence electrons. The van der Waals surface area contributed by atoms with Crippen molar-refractivity contribution < 1.29 is 19.8 Å². The van der Waals surface area contributed by atoms with Crippen LogP contribution in [-0.4, -0.2) is 50.2 Å². The molecule has 0 radical (unpaired) electrons. The van der Waals surface area contributed by atoms with Crippen LogP contribution in [-0.2, 0) is 16.0 Å². The minimum Gasteiger partial charge on any atom is -0.394 e. The molecule has 1 saturated heterocycles. The van der Waals surface area contributed by atoms with E-state index in [0.717, 1.165) is 10.9 Å². The number of hydrogen-bond acceptors (Lipinski definition) is 9. The van der Waals surface area contributed by atoms with Gasteiger partial charge in [0.1, 0.15) is 18.0 Å². The molecule has 0 aliphatic carbocycles. The highest BCUT2D eigenvalue weighted by molar-refractivity contribution is 5.92. The van der Waals surface area contributed by atoms with Gasteiger partial charge in [-0.05, 0) is 5.56 Å². The lowest BCUT2D eigenvalue weighted by Gasteiger charge is -2.15. The van der Waals surface area contributed by atoms with E-state index in [2.05, 4.69) is 20.9 Å². The number of hydrazine groups is 1. The molecule has 4 heterocycles. The summed E-state index contributed by atoms with van der Waals surface area (Å²) in [5, 5.41) is 20.1. The fraction of sp³-hybridized carbons (Fsp3) is 0.538. The number of aliphatic hydroxyl groups excluding tert-OH is 2. The zero-order valence-electron chi connectivity index (χ0n) is 12.3. The number of anilines is 2. The maximum Gasteiger partial charge on any atom is 0.241 e. The van der Waals surface area contributed by atoms with Crippen molar-refractivity contribution in [3.8, 4) is 0 Å². The first-order valence-corrected chi connectivity index (χ1v) is 7.41. The highest BCUT2D eigenvalue weighted by Gasteiger charge is 2.36. The van der Waals surface area contributed by atoms with Crippen molar-refractivity contribution in [3.05, 3.63) is 11.8 Å². The number of nitrogens with zero attached hydrogens (tertiary/aromatic N) is 3.